The van der Waals surface area contributed by atoms with Gasteiger partial charge in [0.15, 0.2) is 0 Å². The predicted molar refractivity (Wildman–Crippen MR) is 131 cm³/mol. The molecule has 3 rings (SSSR count). The molecule has 8 N–H and O–H groups in total. The standard InChI is InChI=1S/C21H25N7O5S2/c22-21(23)26-7-2-5-17(20(30)31)27-19(29)18-16(6-8-34-18)28-35(32,33)15-4-1-3-13(9-15)14-10-24-12-25-11-14/h1,3-4,6,8-12,17,21,26,28H,2,5,7,22-23H2,(H,27,29)(H,30,31)/t17-/m0/s1. The summed E-state index contributed by atoms with van der Waals surface area (Å²) in [4.78, 5) is 32.2. The molecule has 0 aliphatic rings. The van der Waals surface area contributed by atoms with E-state index in [4.69, 9.17) is 11.5 Å². The van der Waals surface area contributed by atoms with Crippen molar-refractivity contribution in [1.82, 2.24) is 20.6 Å². The Morgan fingerprint density at radius 2 is 1.86 bits per heavy atom. The van der Waals surface area contributed by atoms with Gasteiger partial charge in [-0.2, -0.15) is 0 Å². The maximum absolute atomic E-state index is 13.0. The molecular weight excluding hydrogens is 494 g/mol. The maximum Gasteiger partial charge on any atom is 0.326 e. The second-order valence-electron chi connectivity index (χ2n) is 7.41. The third-order valence-electron chi connectivity index (χ3n) is 4.81. The number of nitrogens with zero attached hydrogens (tertiary/aromatic N) is 2. The van der Waals surface area contributed by atoms with Crippen molar-refractivity contribution in [3.63, 3.8) is 0 Å². The van der Waals surface area contributed by atoms with Crippen LogP contribution in [0.15, 0.2) is 59.3 Å². The zero-order chi connectivity index (χ0) is 25.4. The highest BCUT2D eigenvalue weighted by molar-refractivity contribution is 7.92. The number of sulfonamides is 1. The van der Waals surface area contributed by atoms with Crippen LogP contribution in [0.5, 0.6) is 0 Å². The van der Waals surface area contributed by atoms with Crippen LogP contribution in [0.4, 0.5) is 5.69 Å². The van der Waals surface area contributed by atoms with Gasteiger partial charge in [-0.05, 0) is 48.5 Å². The minimum absolute atomic E-state index is 0.0227. The van der Waals surface area contributed by atoms with Crippen LogP contribution in [0.3, 0.4) is 0 Å². The number of hydrogen-bond donors (Lipinski definition) is 6. The van der Waals surface area contributed by atoms with E-state index in [9.17, 15) is 23.1 Å². The average Bonchev–Trinajstić information content (AvgIpc) is 3.29. The number of rotatable bonds is 12. The maximum atomic E-state index is 13.0. The minimum Gasteiger partial charge on any atom is -0.480 e. The van der Waals surface area contributed by atoms with Crippen molar-refractivity contribution in [2.45, 2.75) is 30.1 Å². The van der Waals surface area contributed by atoms with Crippen LogP contribution in [-0.2, 0) is 14.8 Å². The summed E-state index contributed by atoms with van der Waals surface area (Å²) < 4.78 is 28.5. The Morgan fingerprint density at radius 3 is 2.54 bits per heavy atom. The van der Waals surface area contributed by atoms with E-state index in [1.807, 2.05) is 0 Å². The lowest BCUT2D eigenvalue weighted by molar-refractivity contribution is -0.139. The number of aromatic nitrogens is 2. The molecule has 0 saturated carbocycles. The fraction of sp³-hybridized carbons (Fsp3) is 0.238. The number of carboxylic acid groups (broad SMARTS) is 1. The molecule has 186 valence electrons. The van der Waals surface area contributed by atoms with E-state index in [0.29, 0.717) is 24.1 Å². The minimum atomic E-state index is -4.05. The van der Waals surface area contributed by atoms with E-state index in [1.165, 1.54) is 29.9 Å². The highest BCUT2D eigenvalue weighted by atomic mass is 32.2. The first-order chi connectivity index (χ1) is 16.7. The predicted octanol–water partition coefficient (Wildman–Crippen LogP) is 0.760. The van der Waals surface area contributed by atoms with Gasteiger partial charge in [0, 0.05) is 18.0 Å². The molecule has 0 saturated heterocycles. The monoisotopic (exact) mass is 519 g/mol. The topological polar surface area (TPSA) is 202 Å². The second-order valence-corrected chi connectivity index (χ2v) is 10.0. The van der Waals surface area contributed by atoms with Gasteiger partial charge in [0.1, 0.15) is 23.5 Å². The Labute approximate surface area is 205 Å². The van der Waals surface area contributed by atoms with Crippen molar-refractivity contribution in [3.8, 4) is 11.1 Å². The normalized spacial score (nSPS) is 12.3. The highest BCUT2D eigenvalue weighted by Gasteiger charge is 2.25. The molecular formula is C21H25N7O5S2. The molecule has 35 heavy (non-hydrogen) atoms. The molecule has 0 unspecified atom stereocenters. The van der Waals surface area contributed by atoms with Gasteiger partial charge in [0.25, 0.3) is 15.9 Å². The molecule has 1 amide bonds. The van der Waals surface area contributed by atoms with Gasteiger partial charge < -0.3 is 21.9 Å². The zero-order valence-electron chi connectivity index (χ0n) is 18.4. The lowest BCUT2D eigenvalue weighted by Crippen LogP contribution is -2.46. The van der Waals surface area contributed by atoms with Crippen LogP contribution in [0, 0.1) is 0 Å². The average molecular weight is 520 g/mol. The van der Waals surface area contributed by atoms with Crippen molar-refractivity contribution in [1.29, 1.82) is 0 Å². The number of carboxylic acids is 1. The van der Waals surface area contributed by atoms with E-state index in [-0.39, 0.29) is 21.9 Å². The molecule has 0 aliphatic heterocycles. The van der Waals surface area contributed by atoms with Gasteiger partial charge in [-0.25, -0.2) is 23.2 Å². The molecule has 0 bridgehead atoms. The van der Waals surface area contributed by atoms with Crippen LogP contribution in [-0.4, -0.2) is 54.2 Å². The first kappa shape index (κ1) is 26.2. The van der Waals surface area contributed by atoms with E-state index in [0.717, 1.165) is 11.3 Å². The summed E-state index contributed by atoms with van der Waals surface area (Å²) in [6, 6.07) is 6.47. The molecule has 0 fully saturated rings. The molecule has 1 atom stereocenters. The van der Waals surface area contributed by atoms with E-state index < -0.39 is 34.2 Å². The van der Waals surface area contributed by atoms with Crippen LogP contribution >= 0.6 is 11.3 Å². The number of thiophene rings is 1. The number of benzene rings is 1. The Morgan fingerprint density at radius 1 is 1.11 bits per heavy atom. The van der Waals surface area contributed by atoms with Crippen molar-refractivity contribution in [2.24, 2.45) is 11.5 Å². The van der Waals surface area contributed by atoms with Gasteiger partial charge >= 0.3 is 5.97 Å². The summed E-state index contributed by atoms with van der Waals surface area (Å²) in [5.41, 5.74) is 12.1. The number of carbonyl (C=O) groups excluding carboxylic acids is 1. The van der Waals surface area contributed by atoms with Crippen molar-refractivity contribution in [2.75, 3.05) is 11.3 Å². The summed E-state index contributed by atoms with van der Waals surface area (Å²) >= 11 is 0.986. The lowest BCUT2D eigenvalue weighted by atomic mass is 10.1. The van der Waals surface area contributed by atoms with E-state index in [2.05, 4.69) is 25.3 Å². The third-order valence-corrected chi connectivity index (χ3v) is 7.08. The van der Waals surface area contributed by atoms with Crippen molar-refractivity contribution in [3.05, 3.63) is 59.3 Å². The van der Waals surface area contributed by atoms with Gasteiger partial charge in [-0.1, -0.05) is 12.1 Å². The molecule has 0 spiro atoms. The Kier molecular flexibility index (Phi) is 8.84. The highest BCUT2D eigenvalue weighted by Crippen LogP contribution is 2.27. The fourth-order valence-electron chi connectivity index (χ4n) is 3.12. The lowest BCUT2D eigenvalue weighted by Gasteiger charge is -2.16. The molecule has 3 aromatic rings. The Balaban J connectivity index is 1.73. The first-order valence-corrected chi connectivity index (χ1v) is 12.8. The molecule has 0 aliphatic carbocycles. The largest absolute Gasteiger partial charge is 0.480 e. The van der Waals surface area contributed by atoms with Gasteiger partial charge in [0.2, 0.25) is 0 Å². The first-order valence-electron chi connectivity index (χ1n) is 10.4. The van der Waals surface area contributed by atoms with Gasteiger partial charge in [0.05, 0.1) is 10.6 Å². The van der Waals surface area contributed by atoms with E-state index >= 15 is 0 Å². The molecule has 14 heteroatoms. The van der Waals surface area contributed by atoms with Crippen LogP contribution in [0.2, 0.25) is 0 Å². The van der Waals surface area contributed by atoms with Gasteiger partial charge in [-0.15, -0.1) is 11.3 Å². The smallest absolute Gasteiger partial charge is 0.326 e. The number of carbonyl (C=O) groups is 2. The molecule has 0 radical (unpaired) electrons. The van der Waals surface area contributed by atoms with Crippen molar-refractivity contribution < 1.29 is 23.1 Å². The quantitative estimate of drug-likeness (QED) is 0.146. The SMILES string of the molecule is NC(N)NCCC[C@H](NC(=O)c1sccc1NS(=O)(=O)c1cccc(-c2cncnc2)c1)C(=O)O. The molecule has 2 aromatic heterocycles. The van der Waals surface area contributed by atoms with Gasteiger partial charge in [-0.3, -0.25) is 14.8 Å². The van der Waals surface area contributed by atoms with Crippen LogP contribution in [0.1, 0.15) is 22.5 Å². The second kappa shape index (κ2) is 11.8. The Hall–Kier alpha value is -3.43. The summed E-state index contributed by atoms with van der Waals surface area (Å²) in [5, 5.41) is 16.2. The van der Waals surface area contributed by atoms with Crippen molar-refractivity contribution >= 4 is 38.9 Å². The molecule has 2 heterocycles. The zero-order valence-corrected chi connectivity index (χ0v) is 20.1. The molecule has 1 aromatic carbocycles. The van der Waals surface area contributed by atoms with E-state index in [1.54, 1.807) is 24.5 Å². The summed E-state index contributed by atoms with van der Waals surface area (Å²) in [5.74, 6) is -1.92. The third kappa shape index (κ3) is 7.27. The number of amides is 1. The fourth-order valence-corrected chi connectivity index (χ4v) is 5.05. The number of aliphatic carboxylic acids is 1. The van der Waals surface area contributed by atoms with Crippen LogP contribution in [0.25, 0.3) is 11.1 Å². The number of nitrogens with two attached hydrogens (primary N) is 2. The number of hydrogen-bond acceptors (Lipinski definition) is 10. The van der Waals surface area contributed by atoms with Crippen LogP contribution < -0.4 is 26.8 Å². The summed E-state index contributed by atoms with van der Waals surface area (Å²) in [6.45, 7) is 0.371. The summed E-state index contributed by atoms with van der Waals surface area (Å²) in [7, 11) is -4.05. The number of nitrogens with one attached hydrogen (secondary N) is 3. The summed E-state index contributed by atoms with van der Waals surface area (Å²) in [6.07, 6.45) is 4.30. The molecule has 12 nitrogen and oxygen atoms in total. The number of anilines is 1. The Bertz CT molecular complexity index is 1270.